The van der Waals surface area contributed by atoms with Crippen LogP contribution in [0.4, 0.5) is 0 Å². The molecule has 0 radical (unpaired) electrons. The van der Waals surface area contributed by atoms with Crippen molar-refractivity contribution in [2.45, 2.75) is 51.2 Å². The van der Waals surface area contributed by atoms with Gasteiger partial charge in [0.05, 0.1) is 11.5 Å². The van der Waals surface area contributed by atoms with E-state index in [9.17, 15) is 18.0 Å². The Hall–Kier alpha value is -1.41. The van der Waals surface area contributed by atoms with E-state index in [2.05, 4.69) is 0 Å². The summed E-state index contributed by atoms with van der Waals surface area (Å²) in [6, 6.07) is 1.54. The normalized spacial score (nSPS) is 22.9. The van der Waals surface area contributed by atoms with E-state index in [4.69, 9.17) is 4.74 Å². The lowest BCUT2D eigenvalue weighted by Gasteiger charge is -2.26. The second kappa shape index (κ2) is 7.07. The topological polar surface area (TPSA) is 80.8 Å². The molecule has 2 atom stereocenters. The minimum absolute atomic E-state index is 0.0203. The molecule has 2 aliphatic rings. The second-order valence-corrected chi connectivity index (χ2v) is 10.2. The number of hydrogen-bond acceptors (Lipinski definition) is 6. The summed E-state index contributed by atoms with van der Waals surface area (Å²) in [6.07, 6.45) is 3.78. The fourth-order valence-electron chi connectivity index (χ4n) is 3.41. The molecular weight excluding hydrogens is 362 g/mol. The molecule has 0 aromatic carbocycles. The number of ether oxygens (including phenoxy) is 1. The van der Waals surface area contributed by atoms with Gasteiger partial charge in [0.15, 0.2) is 15.9 Å². The number of hydrogen-bond donors (Lipinski definition) is 0. The van der Waals surface area contributed by atoms with Crippen LogP contribution in [0.15, 0.2) is 6.07 Å². The Bertz CT molecular complexity index is 759. The Morgan fingerprint density at radius 1 is 1.32 bits per heavy atom. The van der Waals surface area contributed by atoms with Gasteiger partial charge in [-0.25, -0.2) is 13.2 Å². The highest BCUT2D eigenvalue weighted by atomic mass is 32.2. The number of esters is 1. The Labute approximate surface area is 152 Å². The van der Waals surface area contributed by atoms with Gasteiger partial charge in [0.2, 0.25) is 0 Å². The van der Waals surface area contributed by atoms with Crippen LogP contribution >= 0.6 is 11.3 Å². The number of carbonyl (C=O) groups excluding carboxylic acids is 2. The molecule has 1 aromatic rings. The predicted octanol–water partition coefficient (Wildman–Crippen LogP) is 1.82. The van der Waals surface area contributed by atoms with Crippen LogP contribution in [0.2, 0.25) is 0 Å². The van der Waals surface area contributed by atoms with E-state index in [-0.39, 0.29) is 23.5 Å². The van der Waals surface area contributed by atoms with Gasteiger partial charge >= 0.3 is 5.97 Å². The van der Waals surface area contributed by atoms with Crippen molar-refractivity contribution in [3.63, 3.8) is 0 Å². The van der Waals surface area contributed by atoms with Gasteiger partial charge in [-0.1, -0.05) is 0 Å². The van der Waals surface area contributed by atoms with E-state index in [1.807, 2.05) is 6.07 Å². The zero-order valence-electron chi connectivity index (χ0n) is 14.5. The zero-order valence-corrected chi connectivity index (χ0v) is 16.1. The molecule has 0 N–H and O–H groups in total. The summed E-state index contributed by atoms with van der Waals surface area (Å²) in [6.45, 7) is 1.54. The van der Waals surface area contributed by atoms with E-state index in [0.717, 1.165) is 25.7 Å². The molecular formula is C17H23NO5S2. The van der Waals surface area contributed by atoms with Gasteiger partial charge in [0.1, 0.15) is 4.88 Å². The molecule has 1 fully saturated rings. The van der Waals surface area contributed by atoms with Crippen molar-refractivity contribution in [1.82, 2.24) is 4.90 Å². The molecule has 0 bridgehead atoms. The van der Waals surface area contributed by atoms with Crippen molar-refractivity contribution in [2.24, 2.45) is 0 Å². The van der Waals surface area contributed by atoms with Crippen LogP contribution in [0.3, 0.4) is 0 Å². The lowest BCUT2D eigenvalue weighted by molar-refractivity contribution is -0.140. The van der Waals surface area contributed by atoms with E-state index in [1.165, 1.54) is 33.6 Å². The molecule has 0 unspecified atom stereocenters. The number of likely N-dealkylation sites (N-methyl/N-ethyl adjacent to an activating group) is 1. The Balaban J connectivity index is 1.61. The first kappa shape index (κ1) is 18.4. The molecule has 138 valence electrons. The van der Waals surface area contributed by atoms with E-state index in [1.54, 1.807) is 7.05 Å². The van der Waals surface area contributed by atoms with Gasteiger partial charge in [-0.2, -0.15) is 0 Å². The van der Waals surface area contributed by atoms with Gasteiger partial charge in [-0.3, -0.25) is 4.79 Å². The highest BCUT2D eigenvalue weighted by molar-refractivity contribution is 7.91. The summed E-state index contributed by atoms with van der Waals surface area (Å²) in [5.74, 6) is -0.762. The van der Waals surface area contributed by atoms with Crippen LogP contribution in [0.5, 0.6) is 0 Å². The molecule has 3 rings (SSSR count). The average Bonchev–Trinajstić information content (AvgIpc) is 3.16. The quantitative estimate of drug-likeness (QED) is 0.739. The number of nitrogens with zero attached hydrogens (tertiary/aromatic N) is 1. The molecule has 8 heteroatoms. The summed E-state index contributed by atoms with van der Waals surface area (Å²) >= 11 is 1.45. The summed E-state index contributed by atoms with van der Waals surface area (Å²) in [5.41, 5.74) is 1.22. The number of thiophene rings is 1. The van der Waals surface area contributed by atoms with Gasteiger partial charge in [0, 0.05) is 18.0 Å². The number of amides is 1. The number of carbonyl (C=O) groups is 2. The monoisotopic (exact) mass is 385 g/mol. The maximum absolute atomic E-state index is 12.5. The van der Waals surface area contributed by atoms with Crippen LogP contribution in [0, 0.1) is 0 Å². The molecule has 1 aliphatic heterocycles. The van der Waals surface area contributed by atoms with E-state index in [0.29, 0.717) is 11.3 Å². The fourth-order valence-corrected chi connectivity index (χ4v) is 6.32. The third kappa shape index (κ3) is 4.06. The van der Waals surface area contributed by atoms with E-state index >= 15 is 0 Å². The molecule has 25 heavy (non-hydrogen) atoms. The van der Waals surface area contributed by atoms with Gasteiger partial charge < -0.3 is 9.64 Å². The number of aryl methyl sites for hydroxylation is 2. The molecule has 0 spiro atoms. The van der Waals surface area contributed by atoms with Gasteiger partial charge in [-0.05, 0) is 50.7 Å². The minimum Gasteiger partial charge on any atom is -0.448 e. The number of rotatable bonds is 4. The average molecular weight is 386 g/mol. The third-order valence-electron chi connectivity index (χ3n) is 4.93. The van der Waals surface area contributed by atoms with Crippen molar-refractivity contribution in [2.75, 3.05) is 18.6 Å². The standard InChI is InChI=1S/C17H23NO5S2/c1-11(16(19)18(2)13-7-8-25(21,22)10-13)23-17(20)15-9-12-5-3-4-6-14(12)24-15/h9,11,13H,3-8,10H2,1-2H3/t11-,13+/m1/s1. The van der Waals surface area contributed by atoms with Crippen molar-refractivity contribution >= 4 is 33.1 Å². The maximum Gasteiger partial charge on any atom is 0.349 e. The summed E-state index contributed by atoms with van der Waals surface area (Å²) in [7, 11) is -1.50. The van der Waals surface area contributed by atoms with Crippen LogP contribution < -0.4 is 0 Å². The van der Waals surface area contributed by atoms with E-state index < -0.39 is 21.9 Å². The van der Waals surface area contributed by atoms with Gasteiger partial charge in [0.25, 0.3) is 5.91 Å². The SMILES string of the molecule is C[C@@H](OC(=O)c1cc2c(s1)CCCC2)C(=O)N(C)[C@H]1CCS(=O)(=O)C1. The van der Waals surface area contributed by atoms with Crippen LogP contribution in [-0.4, -0.2) is 55.9 Å². The van der Waals surface area contributed by atoms with Crippen LogP contribution in [0.25, 0.3) is 0 Å². The lowest BCUT2D eigenvalue weighted by Crippen LogP contribution is -2.44. The summed E-state index contributed by atoms with van der Waals surface area (Å²) in [4.78, 5) is 28.0. The number of fused-ring (bicyclic) bond motifs is 1. The van der Waals surface area contributed by atoms with Crippen molar-refractivity contribution in [1.29, 1.82) is 0 Å². The first-order valence-corrected chi connectivity index (χ1v) is 11.2. The van der Waals surface area contributed by atoms with Crippen LogP contribution in [0.1, 0.15) is 46.3 Å². The lowest BCUT2D eigenvalue weighted by atomic mass is 9.99. The Morgan fingerprint density at radius 3 is 2.68 bits per heavy atom. The highest BCUT2D eigenvalue weighted by Crippen LogP contribution is 2.30. The van der Waals surface area contributed by atoms with Crippen molar-refractivity contribution < 1.29 is 22.7 Å². The largest absolute Gasteiger partial charge is 0.448 e. The van der Waals surface area contributed by atoms with Gasteiger partial charge in [-0.15, -0.1) is 11.3 Å². The number of sulfone groups is 1. The highest BCUT2D eigenvalue weighted by Gasteiger charge is 2.35. The minimum atomic E-state index is -3.07. The molecule has 0 saturated carbocycles. The Kier molecular flexibility index (Phi) is 5.20. The zero-order chi connectivity index (χ0) is 18.2. The third-order valence-corrected chi connectivity index (χ3v) is 7.90. The summed E-state index contributed by atoms with van der Waals surface area (Å²) < 4.78 is 28.5. The molecule has 6 nitrogen and oxygen atoms in total. The first-order chi connectivity index (χ1) is 11.8. The summed E-state index contributed by atoms with van der Waals surface area (Å²) in [5, 5.41) is 0. The molecule has 1 saturated heterocycles. The maximum atomic E-state index is 12.5. The predicted molar refractivity (Wildman–Crippen MR) is 95.7 cm³/mol. The van der Waals surface area contributed by atoms with Crippen LogP contribution in [-0.2, 0) is 32.2 Å². The molecule has 1 amide bonds. The molecule has 1 aliphatic carbocycles. The fraction of sp³-hybridized carbons (Fsp3) is 0.647. The second-order valence-electron chi connectivity index (χ2n) is 6.82. The first-order valence-electron chi connectivity index (χ1n) is 8.56. The smallest absolute Gasteiger partial charge is 0.349 e. The van der Waals surface area contributed by atoms with Crippen molar-refractivity contribution in [3.8, 4) is 0 Å². The Morgan fingerprint density at radius 2 is 2.04 bits per heavy atom. The van der Waals surface area contributed by atoms with Crippen molar-refractivity contribution in [3.05, 3.63) is 21.4 Å². The molecule has 2 heterocycles. The molecule has 1 aromatic heterocycles.